The van der Waals surface area contributed by atoms with Gasteiger partial charge in [0.25, 0.3) is 0 Å². The first-order valence-electron chi connectivity index (χ1n) is 5.17. The van der Waals surface area contributed by atoms with Crippen LogP contribution in [0.2, 0.25) is 0 Å². The molecule has 0 spiro atoms. The van der Waals surface area contributed by atoms with Crippen LogP contribution in [0.15, 0.2) is 43.0 Å². The molecule has 0 amide bonds. The van der Waals surface area contributed by atoms with Crippen molar-refractivity contribution in [1.82, 2.24) is 4.90 Å². The summed E-state index contributed by atoms with van der Waals surface area (Å²) in [6.45, 7) is 6.15. The van der Waals surface area contributed by atoms with Crippen molar-refractivity contribution in [1.29, 1.82) is 0 Å². The van der Waals surface area contributed by atoms with Crippen LogP contribution >= 0.6 is 0 Å². The molecule has 1 aliphatic rings. The summed E-state index contributed by atoms with van der Waals surface area (Å²) in [5.74, 6) is 0.241. The highest BCUT2D eigenvalue weighted by Gasteiger charge is 2.50. The molecule has 3 atom stereocenters. The smallest absolute Gasteiger partial charge is 0.148 e. The fraction of sp³-hybridized carbons (Fsp3) is 0.308. The van der Waals surface area contributed by atoms with Gasteiger partial charge >= 0.3 is 0 Å². The lowest BCUT2D eigenvalue weighted by atomic mass is 10.1. The molecule has 1 saturated heterocycles. The largest absolute Gasteiger partial charge is 0.298 e. The molecule has 1 aliphatic heterocycles. The van der Waals surface area contributed by atoms with Gasteiger partial charge in [0.05, 0.1) is 12.1 Å². The Morgan fingerprint density at radius 3 is 2.67 bits per heavy atom. The number of ketones is 1. The molecule has 0 radical (unpaired) electrons. The molecule has 0 bridgehead atoms. The molecule has 1 unspecified atom stereocenters. The van der Waals surface area contributed by atoms with E-state index in [0.29, 0.717) is 0 Å². The number of rotatable bonds is 4. The first kappa shape index (κ1) is 10.1. The average molecular weight is 201 g/mol. The van der Waals surface area contributed by atoms with Gasteiger partial charge in [0, 0.05) is 6.54 Å². The van der Waals surface area contributed by atoms with Gasteiger partial charge in [0.15, 0.2) is 0 Å². The molecule has 78 valence electrons. The van der Waals surface area contributed by atoms with Crippen LogP contribution in [0, 0.1) is 0 Å². The highest BCUT2D eigenvalue weighted by molar-refractivity contribution is 5.85. The van der Waals surface area contributed by atoms with Crippen LogP contribution in [0.5, 0.6) is 0 Å². The van der Waals surface area contributed by atoms with Gasteiger partial charge in [-0.25, -0.2) is 0 Å². The van der Waals surface area contributed by atoms with Gasteiger partial charge in [0.1, 0.15) is 5.78 Å². The third-order valence-electron chi connectivity index (χ3n) is 2.82. The summed E-state index contributed by atoms with van der Waals surface area (Å²) < 4.78 is 0. The third kappa shape index (κ3) is 1.85. The van der Waals surface area contributed by atoms with Gasteiger partial charge in [-0.15, -0.1) is 6.58 Å². The van der Waals surface area contributed by atoms with E-state index >= 15 is 0 Å². The summed E-state index contributed by atoms with van der Waals surface area (Å²) in [5.41, 5.74) is 1.22. The summed E-state index contributed by atoms with van der Waals surface area (Å²) in [5, 5.41) is 0. The van der Waals surface area contributed by atoms with Crippen molar-refractivity contribution in [2.24, 2.45) is 0 Å². The quantitative estimate of drug-likeness (QED) is 0.549. The van der Waals surface area contributed by atoms with Crippen LogP contribution in [-0.2, 0) is 4.79 Å². The van der Waals surface area contributed by atoms with Crippen LogP contribution in [-0.4, -0.2) is 23.3 Å². The maximum atomic E-state index is 11.4. The molecular weight excluding hydrogens is 186 g/mol. The number of carbonyl (C=O) groups is 1. The fourth-order valence-corrected chi connectivity index (χ4v) is 2.13. The second-order valence-electron chi connectivity index (χ2n) is 3.90. The summed E-state index contributed by atoms with van der Waals surface area (Å²) in [7, 11) is 0. The molecule has 0 aromatic heterocycles. The van der Waals surface area contributed by atoms with E-state index in [9.17, 15) is 4.79 Å². The lowest BCUT2D eigenvalue weighted by molar-refractivity contribution is -0.117. The molecule has 15 heavy (non-hydrogen) atoms. The summed E-state index contributed by atoms with van der Waals surface area (Å²) >= 11 is 0. The van der Waals surface area contributed by atoms with Gasteiger partial charge in [-0.2, -0.15) is 0 Å². The van der Waals surface area contributed by atoms with Crippen LogP contribution in [0.3, 0.4) is 0 Å². The van der Waals surface area contributed by atoms with E-state index in [1.165, 1.54) is 5.56 Å². The number of benzene rings is 1. The topological polar surface area (TPSA) is 20.1 Å². The normalized spacial score (nSPS) is 28.5. The number of nitrogens with zero attached hydrogens (tertiary/aromatic N) is 1. The molecule has 0 N–H and O–H groups in total. The monoisotopic (exact) mass is 201 g/mol. The fourth-order valence-electron chi connectivity index (χ4n) is 2.13. The molecular formula is C13H15NO. The van der Waals surface area contributed by atoms with Gasteiger partial charge < -0.3 is 0 Å². The molecule has 2 nitrogen and oxygen atoms in total. The minimum absolute atomic E-state index is 0.0606. The van der Waals surface area contributed by atoms with Crippen molar-refractivity contribution in [3.63, 3.8) is 0 Å². The highest BCUT2D eigenvalue weighted by Crippen LogP contribution is 2.42. The second kappa shape index (κ2) is 3.99. The molecule has 1 heterocycles. The zero-order valence-corrected chi connectivity index (χ0v) is 8.89. The number of hydrogen-bond acceptors (Lipinski definition) is 2. The predicted octanol–water partition coefficient (Wildman–Crippen LogP) is 2.19. The molecule has 0 saturated carbocycles. The Bertz CT molecular complexity index is 371. The van der Waals surface area contributed by atoms with Crippen molar-refractivity contribution in [2.75, 3.05) is 6.54 Å². The maximum Gasteiger partial charge on any atom is 0.148 e. The van der Waals surface area contributed by atoms with Crippen LogP contribution in [0.4, 0.5) is 0 Å². The minimum atomic E-state index is 0.0606. The van der Waals surface area contributed by atoms with E-state index in [-0.39, 0.29) is 17.9 Å². The molecule has 2 heteroatoms. The Balaban J connectivity index is 2.17. The predicted molar refractivity (Wildman–Crippen MR) is 60.6 cm³/mol. The van der Waals surface area contributed by atoms with E-state index in [1.54, 1.807) is 6.92 Å². The average Bonchev–Trinajstić information content (AvgIpc) is 2.94. The first-order chi connectivity index (χ1) is 7.25. The van der Waals surface area contributed by atoms with E-state index in [2.05, 4.69) is 23.6 Å². The summed E-state index contributed by atoms with van der Waals surface area (Å²) in [6, 6.07) is 10.5. The molecule has 1 fully saturated rings. The Kier molecular flexibility index (Phi) is 2.69. The Hall–Kier alpha value is -1.41. The summed E-state index contributed by atoms with van der Waals surface area (Å²) in [4.78, 5) is 13.6. The highest BCUT2D eigenvalue weighted by atomic mass is 16.1. The molecule has 0 aliphatic carbocycles. The lowest BCUT2D eigenvalue weighted by Gasteiger charge is -1.98. The van der Waals surface area contributed by atoms with Crippen molar-refractivity contribution in [3.8, 4) is 0 Å². The molecule has 1 aromatic carbocycles. The molecule has 1 aromatic rings. The lowest BCUT2D eigenvalue weighted by Crippen LogP contribution is -2.08. The van der Waals surface area contributed by atoms with E-state index in [1.807, 2.05) is 24.3 Å². The number of carbonyl (C=O) groups excluding carboxylic acids is 1. The Morgan fingerprint density at radius 1 is 1.47 bits per heavy atom. The van der Waals surface area contributed by atoms with Crippen molar-refractivity contribution in [2.45, 2.75) is 19.0 Å². The Morgan fingerprint density at radius 2 is 2.13 bits per heavy atom. The zero-order valence-electron chi connectivity index (χ0n) is 8.89. The third-order valence-corrected chi connectivity index (χ3v) is 2.82. The van der Waals surface area contributed by atoms with Crippen molar-refractivity contribution in [3.05, 3.63) is 48.6 Å². The van der Waals surface area contributed by atoms with Crippen LogP contribution in [0.25, 0.3) is 0 Å². The van der Waals surface area contributed by atoms with Gasteiger partial charge in [0.2, 0.25) is 0 Å². The van der Waals surface area contributed by atoms with Crippen molar-refractivity contribution >= 4 is 5.78 Å². The van der Waals surface area contributed by atoms with Crippen LogP contribution < -0.4 is 0 Å². The van der Waals surface area contributed by atoms with Crippen molar-refractivity contribution < 1.29 is 4.79 Å². The minimum Gasteiger partial charge on any atom is -0.298 e. The maximum absolute atomic E-state index is 11.4. The van der Waals surface area contributed by atoms with Gasteiger partial charge in [-0.1, -0.05) is 36.4 Å². The SMILES string of the molecule is C=CCN1[C@H](C(C)=O)[C@@H]1c1ccccc1. The van der Waals surface area contributed by atoms with E-state index in [4.69, 9.17) is 0 Å². The van der Waals surface area contributed by atoms with E-state index in [0.717, 1.165) is 6.54 Å². The molecule has 2 rings (SSSR count). The Labute approximate surface area is 90.2 Å². The standard InChI is InChI=1S/C13H15NO/c1-3-9-14-12(10(2)15)13(14)11-7-5-4-6-8-11/h3-8,12-13H,1,9H2,2H3/t12-,13+,14?/m1/s1. The van der Waals surface area contributed by atoms with Gasteiger partial charge in [-0.05, 0) is 12.5 Å². The number of hydrogen-bond donors (Lipinski definition) is 0. The van der Waals surface area contributed by atoms with E-state index < -0.39 is 0 Å². The second-order valence-corrected chi connectivity index (χ2v) is 3.90. The van der Waals surface area contributed by atoms with Gasteiger partial charge in [-0.3, -0.25) is 9.69 Å². The van der Waals surface area contributed by atoms with Crippen LogP contribution in [0.1, 0.15) is 18.5 Å². The zero-order chi connectivity index (χ0) is 10.8. The first-order valence-corrected chi connectivity index (χ1v) is 5.17. The number of Topliss-reactive ketones (excluding diaryl/α,β-unsaturated/α-hetero) is 1. The summed E-state index contributed by atoms with van der Waals surface area (Å²) in [6.07, 6.45) is 1.85.